The van der Waals surface area contributed by atoms with Crippen LogP contribution in [0, 0.1) is 17.3 Å². The second-order valence-corrected chi connectivity index (χ2v) is 11.2. The zero-order valence-electron chi connectivity index (χ0n) is 10.6. The van der Waals surface area contributed by atoms with E-state index in [1.807, 2.05) is 0 Å². The zero-order valence-corrected chi connectivity index (χ0v) is 16.1. The maximum atomic E-state index is 11.7. The molecule has 1 aliphatic rings. The molecule has 0 spiro atoms. The lowest BCUT2D eigenvalue weighted by Crippen LogP contribution is -2.39. The van der Waals surface area contributed by atoms with E-state index in [-0.39, 0.29) is 5.75 Å². The lowest BCUT2D eigenvalue weighted by Gasteiger charge is -2.30. The van der Waals surface area contributed by atoms with Crippen molar-refractivity contribution in [1.29, 1.82) is 0 Å². The van der Waals surface area contributed by atoms with E-state index in [1.165, 1.54) is 6.92 Å². The number of hydrogen-bond donors (Lipinski definition) is 1. The summed E-state index contributed by atoms with van der Waals surface area (Å²) >= 11 is 9.75. The van der Waals surface area contributed by atoms with Gasteiger partial charge in [0.1, 0.15) is 3.74 Å². The van der Waals surface area contributed by atoms with Crippen LogP contribution in [0.15, 0.2) is 0 Å². The Bertz CT molecular complexity index is 476. The van der Waals surface area contributed by atoms with Gasteiger partial charge in [-0.3, -0.25) is 4.79 Å². The molecule has 3 atom stereocenters. The van der Waals surface area contributed by atoms with Crippen LogP contribution in [0.25, 0.3) is 0 Å². The summed E-state index contributed by atoms with van der Waals surface area (Å²) in [4.78, 5) is 11.2. The minimum absolute atomic E-state index is 0.183. The van der Waals surface area contributed by atoms with Crippen molar-refractivity contribution in [3.05, 3.63) is 0 Å². The molecular formula is C10H15Br3O5S. The highest BCUT2D eigenvalue weighted by molar-refractivity contribution is 9.25. The number of carbonyl (C=O) groups is 1. The van der Waals surface area contributed by atoms with E-state index in [0.29, 0.717) is 0 Å². The van der Waals surface area contributed by atoms with Crippen molar-refractivity contribution in [3.8, 4) is 0 Å². The maximum absolute atomic E-state index is 11.7. The molecule has 1 aliphatic carbocycles. The Labute approximate surface area is 138 Å². The molecule has 1 fully saturated rings. The molecule has 0 aromatic rings. The van der Waals surface area contributed by atoms with Gasteiger partial charge in [0.25, 0.3) is 10.1 Å². The molecule has 1 N–H and O–H groups in total. The molecule has 19 heavy (non-hydrogen) atoms. The molecule has 0 amide bonds. The van der Waals surface area contributed by atoms with Crippen LogP contribution in [0.2, 0.25) is 0 Å². The average Bonchev–Trinajstić information content (AvgIpc) is 2.81. The second kappa shape index (κ2) is 5.55. The van der Waals surface area contributed by atoms with Crippen molar-refractivity contribution in [2.45, 2.75) is 29.0 Å². The highest BCUT2D eigenvalue weighted by Crippen LogP contribution is 2.67. The van der Waals surface area contributed by atoms with Crippen molar-refractivity contribution in [1.82, 2.24) is 0 Å². The van der Waals surface area contributed by atoms with Gasteiger partial charge in [0.05, 0.1) is 11.7 Å². The Morgan fingerprint density at radius 3 is 2.21 bits per heavy atom. The molecular weight excluding hydrogens is 472 g/mol. The molecule has 0 aliphatic heterocycles. The van der Waals surface area contributed by atoms with Gasteiger partial charge in [0.2, 0.25) is 0 Å². The SMILES string of the molecule is CCS(=O)(=O)OC(Br)(C(Br)Br)C1C(C(=O)O)C1(C)C. The molecule has 5 nitrogen and oxygen atoms in total. The molecule has 0 saturated heterocycles. The van der Waals surface area contributed by atoms with Crippen molar-refractivity contribution >= 4 is 63.9 Å². The first kappa shape index (κ1) is 17.9. The van der Waals surface area contributed by atoms with Crippen molar-refractivity contribution < 1.29 is 22.5 Å². The third kappa shape index (κ3) is 3.36. The van der Waals surface area contributed by atoms with Crippen LogP contribution in [0.5, 0.6) is 0 Å². The lowest BCUT2D eigenvalue weighted by atomic mass is 10.1. The standard InChI is InChI=1S/C10H15Br3O5S/c1-4-19(16,17)18-10(13,8(11)12)6-5(7(14)15)9(6,2)3/h5-6,8H,4H2,1-3H3,(H,14,15). The maximum Gasteiger partial charge on any atom is 0.307 e. The highest BCUT2D eigenvalue weighted by Gasteiger charge is 2.72. The number of alkyl halides is 3. The molecule has 0 heterocycles. The van der Waals surface area contributed by atoms with Crippen LogP contribution in [0.4, 0.5) is 0 Å². The minimum Gasteiger partial charge on any atom is -0.481 e. The summed E-state index contributed by atoms with van der Waals surface area (Å²) in [6.45, 7) is 5.01. The van der Waals surface area contributed by atoms with E-state index < -0.39 is 41.6 Å². The summed E-state index contributed by atoms with van der Waals surface area (Å²) in [5.74, 6) is -2.30. The summed E-state index contributed by atoms with van der Waals surface area (Å²) in [5, 5.41) is 9.20. The Kier molecular flexibility index (Phi) is 5.22. The number of hydrogen-bond acceptors (Lipinski definition) is 4. The zero-order chi connectivity index (χ0) is 15.2. The molecule has 0 radical (unpaired) electrons. The smallest absolute Gasteiger partial charge is 0.307 e. The molecule has 1 rings (SSSR count). The van der Waals surface area contributed by atoms with Crippen LogP contribution >= 0.6 is 47.8 Å². The summed E-state index contributed by atoms with van der Waals surface area (Å²) in [6, 6.07) is 0. The van der Waals surface area contributed by atoms with Gasteiger partial charge < -0.3 is 5.11 Å². The van der Waals surface area contributed by atoms with Gasteiger partial charge in [-0.25, -0.2) is 4.18 Å². The molecule has 0 aromatic carbocycles. The van der Waals surface area contributed by atoms with Gasteiger partial charge in [0.15, 0.2) is 4.51 Å². The van der Waals surface area contributed by atoms with Crippen molar-refractivity contribution in [2.24, 2.45) is 17.3 Å². The third-order valence-electron chi connectivity index (χ3n) is 3.42. The predicted molar refractivity (Wildman–Crippen MR) is 82.2 cm³/mol. The summed E-state index contributed by atoms with van der Waals surface area (Å²) in [7, 11) is -3.73. The molecule has 3 unspecified atom stereocenters. The van der Waals surface area contributed by atoms with E-state index in [1.54, 1.807) is 13.8 Å². The van der Waals surface area contributed by atoms with Gasteiger partial charge in [-0.2, -0.15) is 8.42 Å². The fraction of sp³-hybridized carbons (Fsp3) is 0.900. The summed E-state index contributed by atoms with van der Waals surface area (Å²) in [6.07, 6.45) is 0. The van der Waals surface area contributed by atoms with E-state index in [2.05, 4.69) is 47.8 Å². The molecule has 112 valence electrons. The molecule has 1 saturated carbocycles. The Hall–Kier alpha value is 0.820. The number of aliphatic carboxylic acids is 1. The average molecular weight is 487 g/mol. The fourth-order valence-corrected chi connectivity index (χ4v) is 5.48. The van der Waals surface area contributed by atoms with E-state index >= 15 is 0 Å². The van der Waals surface area contributed by atoms with Gasteiger partial charge in [0, 0.05) is 5.92 Å². The summed E-state index contributed by atoms with van der Waals surface area (Å²) < 4.78 is 26.7. The number of carboxylic acids is 1. The largest absolute Gasteiger partial charge is 0.481 e. The first-order valence-electron chi connectivity index (χ1n) is 5.53. The Balaban J connectivity index is 3.13. The Morgan fingerprint density at radius 2 is 1.95 bits per heavy atom. The normalized spacial score (nSPS) is 29.0. The Morgan fingerprint density at radius 1 is 1.47 bits per heavy atom. The number of carboxylic acid groups (broad SMARTS) is 1. The number of rotatable bonds is 6. The first-order valence-corrected chi connectivity index (χ1v) is 9.73. The monoisotopic (exact) mass is 484 g/mol. The van der Waals surface area contributed by atoms with E-state index in [4.69, 9.17) is 4.18 Å². The topological polar surface area (TPSA) is 80.7 Å². The lowest BCUT2D eigenvalue weighted by molar-refractivity contribution is -0.139. The van der Waals surface area contributed by atoms with Crippen LogP contribution in [0.3, 0.4) is 0 Å². The fourth-order valence-electron chi connectivity index (χ4n) is 2.31. The van der Waals surface area contributed by atoms with E-state index in [9.17, 15) is 18.3 Å². The first-order chi connectivity index (χ1) is 8.40. The quantitative estimate of drug-likeness (QED) is 0.461. The van der Waals surface area contributed by atoms with Crippen LogP contribution in [-0.2, 0) is 19.1 Å². The number of halogens is 3. The second-order valence-electron chi connectivity index (χ2n) is 5.04. The van der Waals surface area contributed by atoms with Crippen LogP contribution in [0.1, 0.15) is 20.8 Å². The third-order valence-corrected chi connectivity index (χ3v) is 8.58. The van der Waals surface area contributed by atoms with Crippen LogP contribution in [-0.4, -0.2) is 33.5 Å². The van der Waals surface area contributed by atoms with Crippen molar-refractivity contribution in [3.63, 3.8) is 0 Å². The molecule has 9 heteroatoms. The summed E-state index contributed by atoms with van der Waals surface area (Å²) in [5.41, 5.74) is -0.557. The van der Waals surface area contributed by atoms with Crippen LogP contribution < -0.4 is 0 Å². The van der Waals surface area contributed by atoms with Gasteiger partial charge in [-0.15, -0.1) is 0 Å². The minimum atomic E-state index is -3.73. The highest BCUT2D eigenvalue weighted by atomic mass is 79.9. The van der Waals surface area contributed by atoms with Gasteiger partial charge in [-0.05, 0) is 28.3 Å². The van der Waals surface area contributed by atoms with Crippen molar-refractivity contribution in [2.75, 3.05) is 5.75 Å². The predicted octanol–water partition coefficient (Wildman–Crippen LogP) is 2.92. The molecule has 0 bridgehead atoms. The van der Waals surface area contributed by atoms with Gasteiger partial charge in [-0.1, -0.05) is 45.7 Å². The molecule has 0 aromatic heterocycles. The van der Waals surface area contributed by atoms with E-state index in [0.717, 1.165) is 0 Å². The van der Waals surface area contributed by atoms with Gasteiger partial charge >= 0.3 is 5.97 Å².